The van der Waals surface area contributed by atoms with Crippen LogP contribution in [0.4, 0.5) is 17.1 Å². The van der Waals surface area contributed by atoms with Crippen LogP contribution in [0.25, 0.3) is 87.7 Å². The fourth-order valence-corrected chi connectivity index (χ4v) is 11.7. The lowest BCUT2D eigenvalue weighted by atomic mass is 9.82. The molecule has 2 aromatic heterocycles. The Bertz CT molecular complexity index is 3950. The average molecular weight is 979 g/mol. The van der Waals surface area contributed by atoms with Crippen LogP contribution in [-0.4, -0.2) is 0 Å². The number of anilines is 3. The van der Waals surface area contributed by atoms with E-state index in [9.17, 15) is 0 Å². The third kappa shape index (κ3) is 6.46. The van der Waals surface area contributed by atoms with Crippen molar-refractivity contribution in [2.45, 2.75) is 38.5 Å². The molecule has 3 N–H and O–H groups in total. The molecule has 0 amide bonds. The number of nitrogens with one attached hydrogen (secondary N) is 1. The van der Waals surface area contributed by atoms with Gasteiger partial charge in [-0.25, -0.2) is 0 Å². The summed E-state index contributed by atoms with van der Waals surface area (Å²) in [6.07, 6.45) is 0. The third-order valence-electron chi connectivity index (χ3n) is 14.2. The second kappa shape index (κ2) is 15.6. The topological polar surface area (TPSA) is 64.3 Å². The van der Waals surface area contributed by atoms with E-state index in [0.29, 0.717) is 0 Å². The van der Waals surface area contributed by atoms with Crippen LogP contribution < -0.4 is 11.1 Å². The van der Waals surface area contributed by atoms with Crippen LogP contribution in [-0.2, 0) is 10.8 Å². The summed E-state index contributed by atoms with van der Waals surface area (Å²) >= 11 is 2.35. The molecule has 324 valence electrons. The lowest BCUT2D eigenvalue weighted by Crippen LogP contribution is -2.14. The zero-order chi connectivity index (χ0) is 45.6. The Morgan fingerprint density at radius 1 is 0.418 bits per heavy atom. The van der Waals surface area contributed by atoms with Crippen molar-refractivity contribution in [1.29, 1.82) is 0 Å². The van der Waals surface area contributed by atoms with Crippen LogP contribution in [0.3, 0.4) is 0 Å². The average Bonchev–Trinajstić information content (AvgIpc) is 4.07. The molecule has 0 atom stereocenters. The minimum atomic E-state index is -0.0261. The summed E-state index contributed by atoms with van der Waals surface area (Å²) in [5, 5.41) is 13.5. The number of nitrogens with two attached hydrogens (primary N) is 1. The van der Waals surface area contributed by atoms with E-state index in [1.165, 1.54) is 82.2 Å². The molecule has 0 bridgehead atoms. The van der Waals surface area contributed by atoms with Crippen molar-refractivity contribution in [2.24, 2.45) is 0 Å². The maximum atomic E-state index is 6.43. The molecule has 67 heavy (non-hydrogen) atoms. The van der Waals surface area contributed by atoms with Gasteiger partial charge in [-0.05, 0) is 114 Å². The van der Waals surface area contributed by atoms with Gasteiger partial charge in [0.15, 0.2) is 5.58 Å². The zero-order valence-corrected chi connectivity index (χ0v) is 39.9. The molecule has 0 fully saturated rings. The van der Waals surface area contributed by atoms with E-state index in [4.69, 9.17) is 14.6 Å². The van der Waals surface area contributed by atoms with Crippen LogP contribution in [0, 0.1) is 3.57 Å². The quantitative estimate of drug-likeness (QED) is 0.134. The first kappa shape index (κ1) is 41.1. The number of fused-ring (bicyclic) bond motifs is 16. The van der Waals surface area contributed by atoms with Crippen molar-refractivity contribution in [1.82, 2.24) is 0 Å². The van der Waals surface area contributed by atoms with Gasteiger partial charge >= 0.3 is 0 Å². The van der Waals surface area contributed by atoms with Crippen LogP contribution in [0.1, 0.15) is 49.9 Å². The van der Waals surface area contributed by atoms with Gasteiger partial charge in [-0.2, -0.15) is 0 Å². The Kier molecular flexibility index (Phi) is 9.59. The maximum absolute atomic E-state index is 6.43. The van der Waals surface area contributed by atoms with Gasteiger partial charge < -0.3 is 19.9 Å². The predicted molar refractivity (Wildman–Crippen MR) is 291 cm³/mol. The molecule has 5 heteroatoms. The summed E-state index contributed by atoms with van der Waals surface area (Å²) in [5.41, 5.74) is 23.5. The van der Waals surface area contributed by atoms with E-state index in [1.807, 2.05) is 36.4 Å². The molecule has 0 unspecified atom stereocenters. The predicted octanol–water partition coefficient (Wildman–Crippen LogP) is 17.7. The first-order valence-corrected chi connectivity index (χ1v) is 24.0. The molecule has 2 aliphatic carbocycles. The molecule has 2 heterocycles. The van der Waals surface area contributed by atoms with E-state index >= 15 is 0 Å². The summed E-state index contributed by atoms with van der Waals surface area (Å²) in [5.74, 6) is 0. The Balaban J connectivity index is 0.000000116. The number of benzene rings is 10. The number of hydrogen-bond donors (Lipinski definition) is 2. The van der Waals surface area contributed by atoms with E-state index < -0.39 is 0 Å². The molecular formula is C62H47IN2O2. The Morgan fingerprint density at radius 2 is 0.866 bits per heavy atom. The highest BCUT2D eigenvalue weighted by atomic mass is 127. The monoisotopic (exact) mass is 978 g/mol. The molecule has 14 rings (SSSR count). The van der Waals surface area contributed by atoms with Gasteiger partial charge in [-0.3, -0.25) is 0 Å². The first-order valence-electron chi connectivity index (χ1n) is 22.9. The second-order valence-corrected chi connectivity index (χ2v) is 20.0. The SMILES string of the molecule is CC1(C)c2ccccc2-c2c(N)cccc21.CC1(C)c2ccccc2-c2c(Nc3cc4ccccc4c4c3oc3ccccc34)cccc21.Ic1cc2ccccc2c2c1oc1ccccc12. The van der Waals surface area contributed by atoms with Crippen molar-refractivity contribution in [3.63, 3.8) is 0 Å². The maximum Gasteiger partial charge on any atom is 0.159 e. The molecule has 0 saturated heterocycles. The standard InChI is InChI=1S/C31H23NO.C16H9IO.C15H15N/c1-31(2)23-14-7-5-12-21(23)29-24(31)15-9-16-25(29)32-26-18-19-10-3-4-11-20(19)28-22-13-6-8-17-27(22)33-30(26)28;17-13-9-10-5-1-2-6-11(10)15-12-7-3-4-8-14(12)18-16(13)15;1-15(2)11-7-4-3-6-10(11)14-12(15)8-5-9-13(14)16/h3-18,32H,1-2H3;1-9H;3-9H,16H2,1-2H3. The zero-order valence-electron chi connectivity index (χ0n) is 37.7. The van der Waals surface area contributed by atoms with E-state index in [0.717, 1.165) is 48.4 Å². The molecule has 12 aromatic rings. The number of furan rings is 2. The van der Waals surface area contributed by atoms with Crippen molar-refractivity contribution >= 4 is 105 Å². The second-order valence-electron chi connectivity index (χ2n) is 18.8. The number of halogens is 1. The van der Waals surface area contributed by atoms with Gasteiger partial charge in [0, 0.05) is 54.9 Å². The Labute approximate surface area is 403 Å². The minimum Gasteiger partial charge on any atom is -0.455 e. The molecule has 10 aromatic carbocycles. The van der Waals surface area contributed by atoms with Crippen LogP contribution in [0.5, 0.6) is 0 Å². The highest BCUT2D eigenvalue weighted by Crippen LogP contribution is 2.53. The Hall–Kier alpha value is -7.35. The van der Waals surface area contributed by atoms with Crippen molar-refractivity contribution < 1.29 is 8.83 Å². The summed E-state index contributed by atoms with van der Waals surface area (Å²) < 4.78 is 13.6. The van der Waals surface area contributed by atoms with Crippen molar-refractivity contribution in [2.75, 3.05) is 11.1 Å². The highest BCUT2D eigenvalue weighted by Gasteiger charge is 2.37. The van der Waals surface area contributed by atoms with Gasteiger partial charge in [0.25, 0.3) is 0 Å². The molecule has 0 aliphatic heterocycles. The minimum absolute atomic E-state index is 0.0261. The van der Waals surface area contributed by atoms with Gasteiger partial charge in [-0.1, -0.05) is 185 Å². The van der Waals surface area contributed by atoms with Gasteiger partial charge in [-0.15, -0.1) is 0 Å². The van der Waals surface area contributed by atoms with Crippen molar-refractivity contribution in [3.05, 3.63) is 220 Å². The fraction of sp³-hybridized carbons (Fsp3) is 0.0968. The van der Waals surface area contributed by atoms with Gasteiger partial charge in [0.05, 0.1) is 9.26 Å². The number of rotatable bonds is 2. The molecule has 4 nitrogen and oxygen atoms in total. The fourth-order valence-electron chi connectivity index (χ4n) is 11.0. The van der Waals surface area contributed by atoms with E-state index in [2.05, 4.69) is 213 Å². The summed E-state index contributed by atoms with van der Waals surface area (Å²) in [4.78, 5) is 0. The molecule has 2 aliphatic rings. The van der Waals surface area contributed by atoms with Crippen LogP contribution in [0.15, 0.2) is 203 Å². The summed E-state index contributed by atoms with van der Waals surface area (Å²) in [6, 6.07) is 68.1. The highest BCUT2D eigenvalue weighted by molar-refractivity contribution is 14.1. The van der Waals surface area contributed by atoms with Gasteiger partial charge in [0.1, 0.15) is 16.7 Å². The molecule has 0 spiro atoms. The van der Waals surface area contributed by atoms with Crippen molar-refractivity contribution in [3.8, 4) is 22.3 Å². The molecule has 0 radical (unpaired) electrons. The smallest absolute Gasteiger partial charge is 0.159 e. The molecule has 0 saturated carbocycles. The lowest BCUT2D eigenvalue weighted by molar-refractivity contribution is 0.660. The summed E-state index contributed by atoms with van der Waals surface area (Å²) in [7, 11) is 0. The largest absolute Gasteiger partial charge is 0.455 e. The van der Waals surface area contributed by atoms with Crippen LogP contribution in [0.2, 0.25) is 0 Å². The van der Waals surface area contributed by atoms with E-state index in [1.54, 1.807) is 0 Å². The lowest BCUT2D eigenvalue weighted by Gasteiger charge is -2.21. The first-order chi connectivity index (χ1) is 32.6. The normalized spacial score (nSPS) is 13.7. The molecular weight excluding hydrogens is 932 g/mol. The third-order valence-corrected chi connectivity index (χ3v) is 15.0. The van der Waals surface area contributed by atoms with Gasteiger partial charge in [0.2, 0.25) is 0 Å². The summed E-state index contributed by atoms with van der Waals surface area (Å²) in [6.45, 7) is 9.15. The van der Waals surface area contributed by atoms with E-state index in [-0.39, 0.29) is 10.8 Å². The number of para-hydroxylation sites is 2. The number of hydrogen-bond acceptors (Lipinski definition) is 4. The van der Waals surface area contributed by atoms with Crippen LogP contribution >= 0.6 is 22.6 Å². The number of nitrogen functional groups attached to an aromatic ring is 1. The Morgan fingerprint density at radius 3 is 1.49 bits per heavy atom.